The SMILES string of the molecule is COc1ccc2[nH]c(C)c(CCN3CCC(c4cc5cc(F)ccc5[nH]4)CC3)c2c1. The van der Waals surface area contributed by atoms with Gasteiger partial charge in [-0.3, -0.25) is 0 Å². The van der Waals surface area contributed by atoms with E-state index >= 15 is 0 Å². The van der Waals surface area contributed by atoms with Gasteiger partial charge in [0.05, 0.1) is 7.11 Å². The zero-order valence-corrected chi connectivity index (χ0v) is 17.6. The number of fused-ring (bicyclic) bond motifs is 2. The number of benzene rings is 2. The van der Waals surface area contributed by atoms with Gasteiger partial charge in [-0.15, -0.1) is 0 Å². The lowest BCUT2D eigenvalue weighted by molar-refractivity contribution is 0.213. The average Bonchev–Trinajstić information content (AvgIpc) is 3.31. The number of halogens is 1. The summed E-state index contributed by atoms with van der Waals surface area (Å²) in [6.07, 6.45) is 3.31. The number of piperidine rings is 1. The highest BCUT2D eigenvalue weighted by atomic mass is 19.1. The third-order valence-electron chi connectivity index (χ3n) is 6.64. The number of aryl methyl sites for hydroxylation is 1. The standard InChI is InChI=1S/C25H28FN3O/c1-16-21(22-15-20(30-2)4-6-24(22)27-16)9-12-29-10-7-17(8-11-29)25-14-18-13-19(26)3-5-23(18)28-25/h3-6,13-15,17,27-28H,7-12H2,1-2H3. The molecule has 0 amide bonds. The van der Waals surface area contributed by atoms with Crippen molar-refractivity contribution in [1.29, 1.82) is 0 Å². The van der Waals surface area contributed by atoms with Crippen molar-refractivity contribution in [3.63, 3.8) is 0 Å². The van der Waals surface area contributed by atoms with Gasteiger partial charge in [0.2, 0.25) is 0 Å². The van der Waals surface area contributed by atoms with Crippen molar-refractivity contribution in [3.05, 3.63) is 65.2 Å². The molecule has 0 aliphatic carbocycles. The molecule has 0 atom stereocenters. The van der Waals surface area contributed by atoms with Gasteiger partial charge in [-0.05, 0) is 87.3 Å². The Morgan fingerprint density at radius 1 is 1.03 bits per heavy atom. The Balaban J connectivity index is 1.23. The van der Waals surface area contributed by atoms with Gasteiger partial charge in [0, 0.05) is 45.7 Å². The molecule has 5 rings (SSSR count). The smallest absolute Gasteiger partial charge is 0.123 e. The number of methoxy groups -OCH3 is 1. The molecular weight excluding hydrogens is 377 g/mol. The summed E-state index contributed by atoms with van der Waals surface area (Å²) in [5.41, 5.74) is 6.09. The minimum atomic E-state index is -0.173. The van der Waals surface area contributed by atoms with Crippen LogP contribution in [0.3, 0.4) is 0 Å². The van der Waals surface area contributed by atoms with Crippen molar-refractivity contribution in [1.82, 2.24) is 14.9 Å². The Morgan fingerprint density at radius 2 is 1.83 bits per heavy atom. The molecule has 4 nitrogen and oxygen atoms in total. The molecular formula is C25H28FN3O. The fourth-order valence-corrected chi connectivity index (χ4v) is 4.89. The van der Waals surface area contributed by atoms with Crippen LogP contribution >= 0.6 is 0 Å². The summed E-state index contributed by atoms with van der Waals surface area (Å²) in [4.78, 5) is 9.57. The van der Waals surface area contributed by atoms with Gasteiger partial charge in [0.1, 0.15) is 11.6 Å². The van der Waals surface area contributed by atoms with E-state index in [9.17, 15) is 4.39 Å². The molecule has 2 N–H and O–H groups in total. The molecule has 30 heavy (non-hydrogen) atoms. The van der Waals surface area contributed by atoms with E-state index in [4.69, 9.17) is 4.74 Å². The molecule has 4 aromatic rings. The molecule has 1 aliphatic rings. The maximum Gasteiger partial charge on any atom is 0.123 e. The third kappa shape index (κ3) is 3.58. The first-order valence-corrected chi connectivity index (χ1v) is 10.8. The van der Waals surface area contributed by atoms with Crippen molar-refractivity contribution >= 4 is 21.8 Å². The number of aromatic amines is 2. The second-order valence-corrected chi connectivity index (χ2v) is 8.46. The van der Waals surface area contributed by atoms with E-state index < -0.39 is 0 Å². The lowest BCUT2D eigenvalue weighted by Crippen LogP contribution is -2.34. The first-order valence-electron chi connectivity index (χ1n) is 10.8. The summed E-state index contributed by atoms with van der Waals surface area (Å²) in [5, 5.41) is 2.24. The highest BCUT2D eigenvalue weighted by Gasteiger charge is 2.22. The molecule has 0 unspecified atom stereocenters. The molecule has 2 aromatic carbocycles. The minimum Gasteiger partial charge on any atom is -0.497 e. The lowest BCUT2D eigenvalue weighted by Gasteiger charge is -2.31. The number of rotatable bonds is 5. The second-order valence-electron chi connectivity index (χ2n) is 8.46. The van der Waals surface area contributed by atoms with Crippen LogP contribution in [0.5, 0.6) is 5.75 Å². The van der Waals surface area contributed by atoms with Gasteiger partial charge in [0.15, 0.2) is 0 Å². The van der Waals surface area contributed by atoms with Gasteiger partial charge in [-0.2, -0.15) is 0 Å². The van der Waals surface area contributed by atoms with Crippen LogP contribution < -0.4 is 4.74 Å². The van der Waals surface area contributed by atoms with Gasteiger partial charge in [-0.25, -0.2) is 4.39 Å². The number of aromatic nitrogens is 2. The van der Waals surface area contributed by atoms with Crippen LogP contribution in [0.4, 0.5) is 4.39 Å². The first-order chi connectivity index (χ1) is 14.6. The first kappa shape index (κ1) is 19.2. The number of nitrogens with one attached hydrogen (secondary N) is 2. The van der Waals surface area contributed by atoms with Crippen molar-refractivity contribution in [2.24, 2.45) is 0 Å². The highest BCUT2D eigenvalue weighted by Crippen LogP contribution is 2.31. The third-order valence-corrected chi connectivity index (χ3v) is 6.64. The fourth-order valence-electron chi connectivity index (χ4n) is 4.89. The van der Waals surface area contributed by atoms with Crippen molar-refractivity contribution < 1.29 is 9.13 Å². The topological polar surface area (TPSA) is 44.0 Å². The molecule has 5 heteroatoms. The summed E-state index contributed by atoms with van der Waals surface area (Å²) in [5.74, 6) is 1.26. The van der Waals surface area contributed by atoms with Gasteiger partial charge in [0.25, 0.3) is 0 Å². The van der Waals surface area contributed by atoms with Crippen LogP contribution in [-0.4, -0.2) is 41.6 Å². The molecule has 0 saturated carbocycles. The largest absolute Gasteiger partial charge is 0.497 e. The lowest BCUT2D eigenvalue weighted by atomic mass is 9.93. The molecule has 0 radical (unpaired) electrons. The Kier molecular flexibility index (Phi) is 4.99. The molecule has 1 aliphatic heterocycles. The van der Waals surface area contributed by atoms with Crippen LogP contribution in [-0.2, 0) is 6.42 Å². The van der Waals surface area contributed by atoms with Crippen LogP contribution in [0.15, 0.2) is 42.5 Å². The van der Waals surface area contributed by atoms with Crippen molar-refractivity contribution in [2.75, 3.05) is 26.7 Å². The average molecular weight is 406 g/mol. The van der Waals surface area contributed by atoms with Gasteiger partial charge < -0.3 is 19.6 Å². The molecule has 1 saturated heterocycles. The fraction of sp³-hybridized carbons (Fsp3) is 0.360. The maximum absolute atomic E-state index is 13.5. The number of hydrogen-bond acceptors (Lipinski definition) is 2. The maximum atomic E-state index is 13.5. The number of ether oxygens (including phenoxy) is 1. The Bertz CT molecular complexity index is 1180. The second kappa shape index (κ2) is 7.80. The van der Waals surface area contributed by atoms with Crippen LogP contribution in [0.1, 0.15) is 35.7 Å². The van der Waals surface area contributed by atoms with E-state index in [2.05, 4.69) is 40.0 Å². The molecule has 0 bridgehead atoms. The van der Waals surface area contributed by atoms with Gasteiger partial charge in [-0.1, -0.05) is 0 Å². The molecule has 156 valence electrons. The van der Waals surface area contributed by atoms with Crippen LogP contribution in [0, 0.1) is 12.7 Å². The molecule has 2 aromatic heterocycles. The predicted octanol–water partition coefficient (Wildman–Crippen LogP) is 5.53. The summed E-state index contributed by atoms with van der Waals surface area (Å²) >= 11 is 0. The van der Waals surface area contributed by atoms with Gasteiger partial charge >= 0.3 is 0 Å². The Morgan fingerprint density at radius 3 is 2.63 bits per heavy atom. The Hall–Kier alpha value is -2.79. The normalized spacial score (nSPS) is 16.0. The minimum absolute atomic E-state index is 0.173. The summed E-state index contributed by atoms with van der Waals surface area (Å²) < 4.78 is 18.9. The summed E-state index contributed by atoms with van der Waals surface area (Å²) in [6.45, 7) is 5.42. The Labute approximate surface area is 176 Å². The number of H-pyrrole nitrogens is 2. The molecule has 1 fully saturated rings. The van der Waals surface area contributed by atoms with E-state index in [1.165, 1.54) is 33.9 Å². The summed E-state index contributed by atoms with van der Waals surface area (Å²) in [7, 11) is 1.72. The van der Waals surface area contributed by atoms with E-state index in [1.54, 1.807) is 13.2 Å². The number of likely N-dealkylation sites (tertiary alicyclic amines) is 1. The van der Waals surface area contributed by atoms with E-state index in [-0.39, 0.29) is 5.82 Å². The zero-order chi connectivity index (χ0) is 20.7. The van der Waals surface area contributed by atoms with E-state index in [0.717, 1.165) is 55.5 Å². The van der Waals surface area contributed by atoms with Crippen LogP contribution in [0.2, 0.25) is 0 Å². The van der Waals surface area contributed by atoms with Crippen molar-refractivity contribution in [3.8, 4) is 5.75 Å². The predicted molar refractivity (Wildman–Crippen MR) is 120 cm³/mol. The van der Waals surface area contributed by atoms with Crippen LogP contribution in [0.25, 0.3) is 21.8 Å². The quantitative estimate of drug-likeness (QED) is 0.459. The van der Waals surface area contributed by atoms with E-state index in [1.807, 2.05) is 12.1 Å². The van der Waals surface area contributed by atoms with Crippen molar-refractivity contribution in [2.45, 2.75) is 32.1 Å². The summed E-state index contributed by atoms with van der Waals surface area (Å²) in [6, 6.07) is 13.3. The molecule has 0 spiro atoms. The highest BCUT2D eigenvalue weighted by molar-refractivity contribution is 5.86. The zero-order valence-electron chi connectivity index (χ0n) is 17.6. The molecule has 3 heterocycles. The number of hydrogen-bond donors (Lipinski definition) is 2. The number of nitrogens with zero attached hydrogens (tertiary/aromatic N) is 1. The monoisotopic (exact) mass is 405 g/mol. The van der Waals surface area contributed by atoms with E-state index in [0.29, 0.717) is 5.92 Å².